The molecule has 6 heteroatoms. The molecule has 0 aliphatic heterocycles. The minimum absolute atomic E-state index is 0.175. The van der Waals surface area contributed by atoms with Crippen LogP contribution in [0.25, 0.3) is 0 Å². The van der Waals surface area contributed by atoms with Crippen molar-refractivity contribution in [3.8, 4) is 0 Å². The molecule has 20 heavy (non-hydrogen) atoms. The number of nitrogens with one attached hydrogen (secondary N) is 1. The zero-order valence-corrected chi connectivity index (χ0v) is 12.3. The van der Waals surface area contributed by atoms with Gasteiger partial charge in [0.25, 0.3) is 0 Å². The molecule has 0 spiro atoms. The van der Waals surface area contributed by atoms with Gasteiger partial charge >= 0.3 is 0 Å². The van der Waals surface area contributed by atoms with Crippen LogP contribution in [0.4, 0.5) is 10.1 Å². The summed E-state index contributed by atoms with van der Waals surface area (Å²) >= 11 is 4.95. The standard InChI is InChI=1S/C14H17FN4S/c1-3-12-9(8-19(2)18-12)7-17-13-5-4-10(15)6-11(13)14(16)20/h4-6,8,17H,3,7H2,1-2H3,(H2,16,20). The van der Waals surface area contributed by atoms with Crippen LogP contribution in [-0.4, -0.2) is 14.8 Å². The Morgan fingerprint density at radius 1 is 1.50 bits per heavy atom. The van der Waals surface area contributed by atoms with E-state index in [1.165, 1.54) is 12.1 Å². The maximum absolute atomic E-state index is 13.2. The van der Waals surface area contributed by atoms with Gasteiger partial charge in [-0.2, -0.15) is 5.10 Å². The first-order valence-corrected chi connectivity index (χ1v) is 6.76. The topological polar surface area (TPSA) is 55.9 Å². The average molecular weight is 292 g/mol. The van der Waals surface area contributed by atoms with E-state index in [9.17, 15) is 4.39 Å². The highest BCUT2D eigenvalue weighted by Gasteiger charge is 2.09. The molecular weight excluding hydrogens is 275 g/mol. The van der Waals surface area contributed by atoms with E-state index in [-0.39, 0.29) is 10.8 Å². The normalized spacial score (nSPS) is 10.6. The Hall–Kier alpha value is -1.95. The van der Waals surface area contributed by atoms with E-state index < -0.39 is 0 Å². The SMILES string of the molecule is CCc1nn(C)cc1CNc1ccc(F)cc1C(N)=S. The number of anilines is 1. The minimum atomic E-state index is -0.353. The van der Waals surface area contributed by atoms with Crippen molar-refractivity contribution in [2.75, 3.05) is 5.32 Å². The fourth-order valence-electron chi connectivity index (χ4n) is 2.09. The molecule has 0 saturated carbocycles. The van der Waals surface area contributed by atoms with Gasteiger partial charge in [0.15, 0.2) is 0 Å². The molecule has 0 radical (unpaired) electrons. The lowest BCUT2D eigenvalue weighted by molar-refractivity contribution is 0.627. The van der Waals surface area contributed by atoms with Crippen LogP contribution in [0.15, 0.2) is 24.4 Å². The number of thiocarbonyl (C=S) groups is 1. The molecule has 0 atom stereocenters. The summed E-state index contributed by atoms with van der Waals surface area (Å²) in [6, 6.07) is 4.37. The molecule has 0 amide bonds. The Morgan fingerprint density at radius 3 is 2.90 bits per heavy atom. The first kappa shape index (κ1) is 14.5. The quantitative estimate of drug-likeness (QED) is 0.831. The lowest BCUT2D eigenvalue weighted by Gasteiger charge is -2.11. The summed E-state index contributed by atoms with van der Waals surface area (Å²) in [6.07, 6.45) is 2.83. The van der Waals surface area contributed by atoms with Crippen LogP contribution in [0.1, 0.15) is 23.7 Å². The molecule has 4 nitrogen and oxygen atoms in total. The number of hydrogen-bond acceptors (Lipinski definition) is 3. The number of nitrogens with two attached hydrogens (primary N) is 1. The summed E-state index contributed by atoms with van der Waals surface area (Å²) < 4.78 is 15.0. The van der Waals surface area contributed by atoms with Crippen molar-refractivity contribution in [1.29, 1.82) is 0 Å². The Balaban J connectivity index is 2.20. The predicted molar refractivity (Wildman–Crippen MR) is 82.2 cm³/mol. The molecule has 0 fully saturated rings. The summed E-state index contributed by atoms with van der Waals surface area (Å²) in [5, 5.41) is 7.62. The van der Waals surface area contributed by atoms with Gasteiger partial charge in [0.05, 0.1) is 5.69 Å². The smallest absolute Gasteiger partial charge is 0.124 e. The maximum Gasteiger partial charge on any atom is 0.124 e. The summed E-state index contributed by atoms with van der Waals surface area (Å²) in [5.74, 6) is -0.353. The second kappa shape index (κ2) is 6.00. The molecule has 0 unspecified atom stereocenters. The van der Waals surface area contributed by atoms with Gasteiger partial charge < -0.3 is 11.1 Å². The van der Waals surface area contributed by atoms with Gasteiger partial charge in [0.2, 0.25) is 0 Å². The van der Waals surface area contributed by atoms with E-state index >= 15 is 0 Å². The average Bonchev–Trinajstić information content (AvgIpc) is 2.77. The number of aryl methyl sites for hydroxylation is 2. The van der Waals surface area contributed by atoms with Gasteiger partial charge in [-0.05, 0) is 24.6 Å². The third-order valence-electron chi connectivity index (χ3n) is 3.04. The Morgan fingerprint density at radius 2 is 2.25 bits per heavy atom. The second-order valence-electron chi connectivity index (χ2n) is 4.54. The van der Waals surface area contributed by atoms with Crippen molar-refractivity contribution >= 4 is 22.9 Å². The molecule has 0 aliphatic rings. The van der Waals surface area contributed by atoms with Gasteiger partial charge in [-0.1, -0.05) is 19.1 Å². The number of benzene rings is 1. The Labute approximate surface area is 122 Å². The highest BCUT2D eigenvalue weighted by Crippen LogP contribution is 2.19. The third-order valence-corrected chi connectivity index (χ3v) is 3.26. The molecule has 1 aromatic heterocycles. The molecule has 0 saturated heterocycles. The van der Waals surface area contributed by atoms with E-state index in [1.54, 1.807) is 10.7 Å². The van der Waals surface area contributed by atoms with Crippen molar-refractivity contribution in [3.05, 3.63) is 47.0 Å². The molecule has 2 rings (SSSR count). The van der Waals surface area contributed by atoms with Crippen LogP contribution in [0.3, 0.4) is 0 Å². The highest BCUT2D eigenvalue weighted by atomic mass is 32.1. The number of aromatic nitrogens is 2. The van der Waals surface area contributed by atoms with Gasteiger partial charge in [0, 0.05) is 36.6 Å². The van der Waals surface area contributed by atoms with Crippen molar-refractivity contribution < 1.29 is 4.39 Å². The monoisotopic (exact) mass is 292 g/mol. The van der Waals surface area contributed by atoms with E-state index in [4.69, 9.17) is 18.0 Å². The zero-order valence-electron chi connectivity index (χ0n) is 11.5. The second-order valence-corrected chi connectivity index (χ2v) is 4.98. The lowest BCUT2D eigenvalue weighted by Crippen LogP contribution is -2.13. The Bertz CT molecular complexity index is 636. The van der Waals surface area contributed by atoms with Crippen molar-refractivity contribution in [3.63, 3.8) is 0 Å². The van der Waals surface area contributed by atoms with Crippen LogP contribution in [0.5, 0.6) is 0 Å². The fraction of sp³-hybridized carbons (Fsp3) is 0.286. The van der Waals surface area contributed by atoms with Crippen molar-refractivity contribution in [1.82, 2.24) is 9.78 Å². The van der Waals surface area contributed by atoms with Crippen molar-refractivity contribution in [2.24, 2.45) is 12.8 Å². The molecular formula is C14H17FN4S. The first-order valence-electron chi connectivity index (χ1n) is 6.36. The van der Waals surface area contributed by atoms with E-state index in [2.05, 4.69) is 17.3 Å². The lowest BCUT2D eigenvalue weighted by atomic mass is 10.1. The molecule has 0 bridgehead atoms. The largest absolute Gasteiger partial charge is 0.389 e. The predicted octanol–water partition coefficient (Wildman–Crippen LogP) is 2.37. The van der Waals surface area contributed by atoms with Crippen LogP contribution in [0.2, 0.25) is 0 Å². The first-order chi connectivity index (χ1) is 9.51. The maximum atomic E-state index is 13.2. The molecule has 2 aromatic rings. The summed E-state index contributed by atoms with van der Waals surface area (Å²) in [4.78, 5) is 0.175. The van der Waals surface area contributed by atoms with Gasteiger partial charge in [-0.25, -0.2) is 4.39 Å². The number of halogens is 1. The van der Waals surface area contributed by atoms with Gasteiger partial charge in [-0.15, -0.1) is 0 Å². The van der Waals surface area contributed by atoms with Crippen LogP contribution in [0, 0.1) is 5.82 Å². The van der Waals surface area contributed by atoms with Crippen LogP contribution < -0.4 is 11.1 Å². The fourth-order valence-corrected chi connectivity index (χ4v) is 2.26. The molecule has 3 N–H and O–H groups in total. The summed E-state index contributed by atoms with van der Waals surface area (Å²) in [5.41, 5.74) is 9.01. The molecule has 106 valence electrons. The van der Waals surface area contributed by atoms with Crippen LogP contribution >= 0.6 is 12.2 Å². The summed E-state index contributed by atoms with van der Waals surface area (Å²) in [7, 11) is 1.89. The molecule has 0 aliphatic carbocycles. The zero-order chi connectivity index (χ0) is 14.7. The van der Waals surface area contributed by atoms with Crippen molar-refractivity contribution in [2.45, 2.75) is 19.9 Å². The summed E-state index contributed by atoms with van der Waals surface area (Å²) in [6.45, 7) is 2.66. The molecule has 1 heterocycles. The van der Waals surface area contributed by atoms with Gasteiger partial charge in [0.1, 0.15) is 10.8 Å². The number of rotatable bonds is 5. The van der Waals surface area contributed by atoms with E-state index in [1.807, 2.05) is 13.2 Å². The third kappa shape index (κ3) is 3.14. The highest BCUT2D eigenvalue weighted by molar-refractivity contribution is 7.80. The van der Waals surface area contributed by atoms with Gasteiger partial charge in [-0.3, -0.25) is 4.68 Å². The number of nitrogens with zero attached hydrogens (tertiary/aromatic N) is 2. The minimum Gasteiger partial charge on any atom is -0.389 e. The van der Waals surface area contributed by atoms with Crippen LogP contribution in [-0.2, 0) is 20.0 Å². The molecule has 1 aromatic carbocycles. The van der Waals surface area contributed by atoms with E-state index in [0.717, 1.165) is 23.4 Å². The number of hydrogen-bond donors (Lipinski definition) is 2. The van der Waals surface area contributed by atoms with E-state index in [0.29, 0.717) is 12.1 Å². The Kier molecular flexibility index (Phi) is 4.34.